The SMILES string of the molecule is COc1ccc(Oc2ccc(N3C(=S)N[C@@H](c4ccccn4)[C@H]3c3sccc3C)cc2)cc1. The van der Waals surface area contributed by atoms with E-state index >= 15 is 0 Å². The molecule has 2 atom stereocenters. The molecule has 0 radical (unpaired) electrons. The number of thiocarbonyl (C=S) groups is 1. The van der Waals surface area contributed by atoms with E-state index in [0.29, 0.717) is 5.11 Å². The molecule has 0 saturated carbocycles. The predicted molar refractivity (Wildman–Crippen MR) is 136 cm³/mol. The lowest BCUT2D eigenvalue weighted by atomic mass is 10.0. The highest BCUT2D eigenvalue weighted by Gasteiger charge is 2.41. The number of methoxy groups -OCH3 is 1. The molecule has 0 unspecified atom stereocenters. The van der Waals surface area contributed by atoms with E-state index in [-0.39, 0.29) is 12.1 Å². The van der Waals surface area contributed by atoms with Crippen molar-refractivity contribution in [2.24, 2.45) is 0 Å². The lowest BCUT2D eigenvalue weighted by Crippen LogP contribution is -2.29. The summed E-state index contributed by atoms with van der Waals surface area (Å²) in [5.41, 5.74) is 3.23. The molecule has 7 heteroatoms. The molecule has 1 fully saturated rings. The van der Waals surface area contributed by atoms with Crippen LogP contribution in [0.2, 0.25) is 0 Å². The monoisotopic (exact) mass is 473 g/mol. The first-order chi connectivity index (χ1) is 16.1. The molecule has 0 spiro atoms. The molecular weight excluding hydrogens is 450 g/mol. The first kappa shape index (κ1) is 21.4. The number of aryl methyl sites for hydroxylation is 1. The standard InChI is InChI=1S/C26H23N3O2S2/c1-17-14-16-33-25(17)24-23(22-5-3-4-15-27-22)28-26(32)29(24)18-6-8-20(9-7-18)31-21-12-10-19(30-2)11-13-21/h3-16,23-24H,1-2H3,(H,28,32)/t23-,24-/m0/s1. The van der Waals surface area contributed by atoms with E-state index in [2.05, 4.69) is 33.6 Å². The Hall–Kier alpha value is -3.42. The highest BCUT2D eigenvalue weighted by molar-refractivity contribution is 7.80. The number of aromatic nitrogens is 1. The quantitative estimate of drug-likeness (QED) is 0.326. The minimum absolute atomic E-state index is 0.0146. The fourth-order valence-electron chi connectivity index (χ4n) is 4.04. The Morgan fingerprint density at radius 1 is 0.939 bits per heavy atom. The minimum Gasteiger partial charge on any atom is -0.497 e. The maximum absolute atomic E-state index is 6.00. The van der Waals surface area contributed by atoms with Crippen LogP contribution in [0.3, 0.4) is 0 Å². The number of benzene rings is 2. The van der Waals surface area contributed by atoms with Crippen molar-refractivity contribution in [1.29, 1.82) is 0 Å². The molecule has 5 rings (SSSR count). The summed E-state index contributed by atoms with van der Waals surface area (Å²) in [4.78, 5) is 8.07. The van der Waals surface area contributed by atoms with Gasteiger partial charge in [0.1, 0.15) is 17.2 Å². The Balaban J connectivity index is 1.45. The maximum atomic E-state index is 6.00. The number of pyridine rings is 1. The molecule has 3 heterocycles. The van der Waals surface area contributed by atoms with Crippen molar-refractivity contribution in [3.05, 3.63) is 101 Å². The van der Waals surface area contributed by atoms with E-state index < -0.39 is 0 Å². The molecule has 1 saturated heterocycles. The third-order valence-electron chi connectivity index (χ3n) is 5.68. The number of hydrogen-bond donors (Lipinski definition) is 1. The number of ether oxygens (including phenoxy) is 2. The molecule has 1 aliphatic rings. The van der Waals surface area contributed by atoms with Crippen molar-refractivity contribution in [1.82, 2.24) is 10.3 Å². The molecule has 5 nitrogen and oxygen atoms in total. The Labute approximate surface area is 202 Å². The van der Waals surface area contributed by atoms with Crippen molar-refractivity contribution in [2.75, 3.05) is 12.0 Å². The normalized spacial score (nSPS) is 17.6. The highest BCUT2D eigenvalue weighted by atomic mass is 32.1. The average molecular weight is 474 g/mol. The van der Waals surface area contributed by atoms with Gasteiger partial charge in [0, 0.05) is 16.8 Å². The van der Waals surface area contributed by atoms with Crippen molar-refractivity contribution >= 4 is 34.4 Å². The van der Waals surface area contributed by atoms with Crippen molar-refractivity contribution in [3.8, 4) is 17.2 Å². The Kier molecular flexibility index (Phi) is 5.98. The van der Waals surface area contributed by atoms with Gasteiger partial charge in [-0.15, -0.1) is 11.3 Å². The second-order valence-corrected chi connectivity index (χ2v) is 9.07. The summed E-state index contributed by atoms with van der Waals surface area (Å²) in [5, 5.41) is 6.33. The van der Waals surface area contributed by atoms with E-state index in [9.17, 15) is 0 Å². The number of thiophene rings is 1. The van der Waals surface area contributed by atoms with Crippen molar-refractivity contribution in [2.45, 2.75) is 19.0 Å². The van der Waals surface area contributed by atoms with Crippen LogP contribution in [0.5, 0.6) is 17.2 Å². The van der Waals surface area contributed by atoms with Gasteiger partial charge >= 0.3 is 0 Å². The first-order valence-electron chi connectivity index (χ1n) is 10.6. The summed E-state index contributed by atoms with van der Waals surface area (Å²) in [6.45, 7) is 2.15. The second kappa shape index (κ2) is 9.21. The molecule has 2 aromatic heterocycles. The Morgan fingerprint density at radius 3 is 2.24 bits per heavy atom. The van der Waals surface area contributed by atoms with Gasteiger partial charge in [-0.1, -0.05) is 6.07 Å². The fourth-order valence-corrected chi connectivity index (χ4v) is 5.44. The van der Waals surface area contributed by atoms with Gasteiger partial charge in [0.15, 0.2) is 5.11 Å². The lowest BCUT2D eigenvalue weighted by Gasteiger charge is -2.27. The molecule has 1 aliphatic heterocycles. The van der Waals surface area contributed by atoms with Crippen LogP contribution in [-0.2, 0) is 0 Å². The van der Waals surface area contributed by atoms with E-state index in [1.165, 1.54) is 10.4 Å². The highest BCUT2D eigenvalue weighted by Crippen LogP contribution is 2.44. The van der Waals surface area contributed by atoms with E-state index in [0.717, 1.165) is 28.6 Å². The van der Waals surface area contributed by atoms with Gasteiger partial charge in [-0.3, -0.25) is 4.98 Å². The fraction of sp³-hybridized carbons (Fsp3) is 0.154. The summed E-state index contributed by atoms with van der Waals surface area (Å²) < 4.78 is 11.2. The molecule has 33 heavy (non-hydrogen) atoms. The summed E-state index contributed by atoms with van der Waals surface area (Å²) >= 11 is 7.55. The lowest BCUT2D eigenvalue weighted by molar-refractivity contribution is 0.413. The summed E-state index contributed by atoms with van der Waals surface area (Å²) in [5.74, 6) is 2.31. The van der Waals surface area contributed by atoms with Crippen LogP contribution in [0.4, 0.5) is 5.69 Å². The molecule has 0 aliphatic carbocycles. The molecule has 4 aromatic rings. The molecular formula is C26H23N3O2S2. The van der Waals surface area contributed by atoms with Crippen molar-refractivity contribution < 1.29 is 9.47 Å². The summed E-state index contributed by atoms with van der Waals surface area (Å²) in [7, 11) is 1.65. The van der Waals surface area contributed by atoms with Gasteiger partial charge in [-0.25, -0.2) is 0 Å². The second-order valence-electron chi connectivity index (χ2n) is 7.74. The van der Waals surface area contributed by atoms with E-state index in [4.69, 9.17) is 21.7 Å². The van der Waals surface area contributed by atoms with Crippen LogP contribution < -0.4 is 19.7 Å². The van der Waals surface area contributed by atoms with Gasteiger partial charge in [0.05, 0.1) is 24.9 Å². The van der Waals surface area contributed by atoms with Crippen LogP contribution >= 0.6 is 23.6 Å². The smallest absolute Gasteiger partial charge is 0.174 e. The molecule has 0 bridgehead atoms. The van der Waals surface area contributed by atoms with Gasteiger partial charge in [-0.2, -0.15) is 0 Å². The van der Waals surface area contributed by atoms with Gasteiger partial charge in [0.2, 0.25) is 0 Å². The summed E-state index contributed by atoms with van der Waals surface area (Å²) in [6, 6.07) is 23.7. The number of hydrogen-bond acceptors (Lipinski definition) is 5. The number of anilines is 1. The first-order valence-corrected chi connectivity index (χ1v) is 11.9. The third kappa shape index (κ3) is 4.29. The molecule has 2 aromatic carbocycles. The number of nitrogens with one attached hydrogen (secondary N) is 1. The minimum atomic E-state index is -0.0359. The van der Waals surface area contributed by atoms with Crippen LogP contribution in [0.25, 0.3) is 0 Å². The third-order valence-corrected chi connectivity index (χ3v) is 7.08. The predicted octanol–water partition coefficient (Wildman–Crippen LogP) is 6.43. The van der Waals surface area contributed by atoms with Crippen molar-refractivity contribution in [3.63, 3.8) is 0 Å². The Bertz CT molecular complexity index is 1240. The topological polar surface area (TPSA) is 46.6 Å². The zero-order valence-electron chi connectivity index (χ0n) is 18.3. The van der Waals surface area contributed by atoms with E-state index in [1.807, 2.05) is 72.9 Å². The largest absolute Gasteiger partial charge is 0.497 e. The molecule has 0 amide bonds. The zero-order chi connectivity index (χ0) is 22.8. The van der Waals surface area contributed by atoms with Crippen LogP contribution in [-0.4, -0.2) is 17.2 Å². The Morgan fingerprint density at radius 2 is 1.64 bits per heavy atom. The average Bonchev–Trinajstić information content (AvgIpc) is 3.43. The van der Waals surface area contributed by atoms with Crippen LogP contribution in [0.1, 0.15) is 28.2 Å². The van der Waals surface area contributed by atoms with Gasteiger partial charge in [-0.05, 0) is 96.8 Å². The van der Waals surface area contributed by atoms with Crippen LogP contribution in [0, 0.1) is 6.92 Å². The molecule has 166 valence electrons. The van der Waals surface area contributed by atoms with Crippen LogP contribution in [0.15, 0.2) is 84.4 Å². The summed E-state index contributed by atoms with van der Waals surface area (Å²) in [6.07, 6.45) is 1.83. The number of rotatable bonds is 6. The molecule has 1 N–H and O–H groups in total. The van der Waals surface area contributed by atoms with Gasteiger partial charge < -0.3 is 19.7 Å². The van der Waals surface area contributed by atoms with E-state index in [1.54, 1.807) is 18.4 Å². The number of nitrogens with zero attached hydrogens (tertiary/aromatic N) is 2. The maximum Gasteiger partial charge on any atom is 0.174 e. The zero-order valence-corrected chi connectivity index (χ0v) is 19.9. The van der Waals surface area contributed by atoms with Gasteiger partial charge in [0.25, 0.3) is 0 Å².